The highest BCUT2D eigenvalue weighted by Crippen LogP contribution is 2.13. The normalized spacial score (nSPS) is 10.3. The van der Waals surface area contributed by atoms with Crippen molar-refractivity contribution in [1.82, 2.24) is 10.2 Å². The first-order chi connectivity index (χ1) is 7.27. The molecule has 2 rings (SSSR count). The van der Waals surface area contributed by atoms with Crippen molar-refractivity contribution in [2.24, 2.45) is 0 Å². The second-order valence-electron chi connectivity index (χ2n) is 3.05. The largest absolute Gasteiger partial charge is 0.378 e. The van der Waals surface area contributed by atoms with E-state index in [0.29, 0.717) is 0 Å². The highest BCUT2D eigenvalue weighted by molar-refractivity contribution is 5.38. The molecule has 0 aliphatic rings. The minimum atomic E-state index is -0.832. The Bertz CT molecular complexity index is 440. The first-order valence-corrected chi connectivity index (χ1v) is 4.43. The van der Waals surface area contributed by atoms with Crippen molar-refractivity contribution in [3.05, 3.63) is 47.8 Å². The van der Waals surface area contributed by atoms with Crippen LogP contribution in [0.15, 0.2) is 30.6 Å². The van der Waals surface area contributed by atoms with Gasteiger partial charge in [-0.2, -0.15) is 5.10 Å². The average Bonchev–Trinajstić information content (AvgIpc) is 2.73. The molecular weight excluding hydrogens is 200 g/mol. The van der Waals surface area contributed by atoms with Gasteiger partial charge in [0.2, 0.25) is 0 Å². The van der Waals surface area contributed by atoms with Crippen molar-refractivity contribution < 1.29 is 8.78 Å². The molecule has 2 aromatic rings. The molecule has 1 aromatic heterocycles. The summed E-state index contributed by atoms with van der Waals surface area (Å²) in [6, 6.07) is 4.10. The zero-order chi connectivity index (χ0) is 10.7. The molecule has 0 saturated heterocycles. The first-order valence-electron chi connectivity index (χ1n) is 4.43. The van der Waals surface area contributed by atoms with Gasteiger partial charge in [0.25, 0.3) is 0 Å². The predicted octanol–water partition coefficient (Wildman–Crippen LogP) is 2.30. The van der Waals surface area contributed by atoms with E-state index in [1.165, 1.54) is 12.1 Å². The van der Waals surface area contributed by atoms with Crippen LogP contribution in [0.5, 0.6) is 0 Å². The number of aromatic nitrogens is 2. The van der Waals surface area contributed by atoms with Crippen LogP contribution in [0.2, 0.25) is 0 Å². The zero-order valence-electron chi connectivity index (χ0n) is 7.80. The summed E-state index contributed by atoms with van der Waals surface area (Å²) >= 11 is 0. The molecule has 0 aliphatic carbocycles. The number of aromatic amines is 1. The van der Waals surface area contributed by atoms with Crippen LogP contribution in [0.4, 0.5) is 14.5 Å². The third kappa shape index (κ3) is 2.12. The molecule has 0 spiro atoms. The van der Waals surface area contributed by atoms with Crippen molar-refractivity contribution >= 4 is 5.69 Å². The molecule has 0 amide bonds. The average molecular weight is 209 g/mol. The van der Waals surface area contributed by atoms with Gasteiger partial charge in [-0.1, -0.05) is 12.1 Å². The molecule has 78 valence electrons. The Kier molecular flexibility index (Phi) is 2.62. The number of nitrogens with one attached hydrogen (secondary N) is 2. The lowest BCUT2D eigenvalue weighted by atomic mass is 10.2. The number of anilines is 1. The second-order valence-corrected chi connectivity index (χ2v) is 3.05. The Morgan fingerprint density at radius 1 is 1.33 bits per heavy atom. The van der Waals surface area contributed by atoms with Crippen molar-refractivity contribution in [1.29, 1.82) is 0 Å². The maximum atomic E-state index is 13.2. The van der Waals surface area contributed by atoms with Gasteiger partial charge in [-0.05, 0) is 6.07 Å². The van der Waals surface area contributed by atoms with Gasteiger partial charge in [0.15, 0.2) is 11.6 Å². The summed E-state index contributed by atoms with van der Waals surface area (Å²) in [6.07, 6.45) is 3.20. The van der Waals surface area contributed by atoms with E-state index in [1.807, 2.05) is 0 Å². The van der Waals surface area contributed by atoms with Crippen molar-refractivity contribution in [3.63, 3.8) is 0 Å². The van der Waals surface area contributed by atoms with Crippen LogP contribution >= 0.6 is 0 Å². The number of hydrogen-bond donors (Lipinski definition) is 2. The van der Waals surface area contributed by atoms with Gasteiger partial charge in [-0.3, -0.25) is 5.10 Å². The van der Waals surface area contributed by atoms with Gasteiger partial charge >= 0.3 is 0 Å². The molecule has 0 fully saturated rings. The van der Waals surface area contributed by atoms with E-state index in [9.17, 15) is 8.78 Å². The fourth-order valence-corrected chi connectivity index (χ4v) is 1.23. The fourth-order valence-electron chi connectivity index (χ4n) is 1.23. The smallest absolute Gasteiger partial charge is 0.163 e. The van der Waals surface area contributed by atoms with E-state index >= 15 is 0 Å². The van der Waals surface area contributed by atoms with Gasteiger partial charge in [0.1, 0.15) is 0 Å². The molecule has 2 N–H and O–H groups in total. The van der Waals surface area contributed by atoms with E-state index in [1.54, 1.807) is 12.4 Å². The quantitative estimate of drug-likeness (QED) is 0.814. The van der Waals surface area contributed by atoms with Crippen LogP contribution in [0.3, 0.4) is 0 Å². The monoisotopic (exact) mass is 209 g/mol. The molecule has 0 aliphatic heterocycles. The fraction of sp³-hybridized carbons (Fsp3) is 0.100. The molecule has 0 radical (unpaired) electrons. The lowest BCUT2D eigenvalue weighted by Crippen LogP contribution is -2.02. The van der Waals surface area contributed by atoms with Gasteiger partial charge in [0, 0.05) is 18.3 Å². The van der Waals surface area contributed by atoms with Crippen molar-refractivity contribution in [2.45, 2.75) is 6.54 Å². The summed E-state index contributed by atoms with van der Waals surface area (Å²) < 4.78 is 26.0. The molecule has 5 heteroatoms. The highest BCUT2D eigenvalue weighted by atomic mass is 19.2. The van der Waals surface area contributed by atoms with Crippen molar-refractivity contribution in [3.8, 4) is 0 Å². The Hall–Kier alpha value is -1.91. The van der Waals surface area contributed by atoms with Gasteiger partial charge in [-0.15, -0.1) is 0 Å². The maximum Gasteiger partial charge on any atom is 0.163 e. The van der Waals surface area contributed by atoms with Crippen LogP contribution in [-0.4, -0.2) is 10.2 Å². The van der Waals surface area contributed by atoms with E-state index in [4.69, 9.17) is 0 Å². The number of H-pyrrole nitrogens is 1. The number of rotatable bonds is 3. The van der Waals surface area contributed by atoms with Gasteiger partial charge in [-0.25, -0.2) is 8.78 Å². The molecule has 1 aromatic carbocycles. The Morgan fingerprint density at radius 3 is 2.93 bits per heavy atom. The molecule has 1 heterocycles. The standard InChI is InChI=1S/C10H9F2N3/c11-9-3-1-2-7(10(9)12)4-13-8-5-14-15-6-8/h1-3,5-6,13H,4H2,(H,14,15). The third-order valence-electron chi connectivity index (χ3n) is 2.01. The van der Waals surface area contributed by atoms with Crippen LogP contribution in [0, 0.1) is 11.6 Å². The number of halogens is 2. The lowest BCUT2D eigenvalue weighted by Gasteiger charge is -2.04. The summed E-state index contributed by atoms with van der Waals surface area (Å²) in [7, 11) is 0. The van der Waals surface area contributed by atoms with E-state index in [-0.39, 0.29) is 12.1 Å². The number of benzene rings is 1. The lowest BCUT2D eigenvalue weighted by molar-refractivity contribution is 0.500. The van der Waals surface area contributed by atoms with Crippen LogP contribution in [-0.2, 0) is 6.54 Å². The summed E-state index contributed by atoms with van der Waals surface area (Å²) in [5.74, 6) is -1.64. The Balaban J connectivity index is 2.08. The topological polar surface area (TPSA) is 40.7 Å². The van der Waals surface area contributed by atoms with Crippen molar-refractivity contribution in [2.75, 3.05) is 5.32 Å². The zero-order valence-corrected chi connectivity index (χ0v) is 7.80. The molecule has 0 bridgehead atoms. The highest BCUT2D eigenvalue weighted by Gasteiger charge is 2.06. The summed E-state index contributed by atoms with van der Waals surface area (Å²) in [6.45, 7) is 0.225. The minimum absolute atomic E-state index is 0.225. The second kappa shape index (κ2) is 4.08. The third-order valence-corrected chi connectivity index (χ3v) is 2.01. The SMILES string of the molecule is Fc1cccc(CNc2cn[nH]c2)c1F. The summed E-state index contributed by atoms with van der Waals surface area (Å²) in [5.41, 5.74) is 1.02. The molecule has 3 nitrogen and oxygen atoms in total. The van der Waals surface area contributed by atoms with Gasteiger partial charge in [0.05, 0.1) is 11.9 Å². The predicted molar refractivity (Wildman–Crippen MR) is 52.3 cm³/mol. The maximum absolute atomic E-state index is 13.2. The minimum Gasteiger partial charge on any atom is -0.378 e. The first kappa shape index (κ1) is 9.64. The molecule has 0 saturated carbocycles. The van der Waals surface area contributed by atoms with Crippen LogP contribution in [0.25, 0.3) is 0 Å². The summed E-state index contributed by atoms with van der Waals surface area (Å²) in [5, 5.41) is 9.24. The number of nitrogens with zero attached hydrogens (tertiary/aromatic N) is 1. The Labute approximate surface area is 85.1 Å². The molecular formula is C10H9F2N3. The van der Waals surface area contributed by atoms with E-state index in [2.05, 4.69) is 15.5 Å². The van der Waals surface area contributed by atoms with Gasteiger partial charge < -0.3 is 5.32 Å². The number of hydrogen-bond acceptors (Lipinski definition) is 2. The molecule has 15 heavy (non-hydrogen) atoms. The van der Waals surface area contributed by atoms with Crippen LogP contribution < -0.4 is 5.32 Å². The molecule has 0 atom stereocenters. The van der Waals surface area contributed by atoms with Crippen LogP contribution in [0.1, 0.15) is 5.56 Å². The molecule has 0 unspecified atom stereocenters. The van der Waals surface area contributed by atoms with E-state index in [0.717, 1.165) is 11.8 Å². The van der Waals surface area contributed by atoms with E-state index < -0.39 is 11.6 Å². The summed E-state index contributed by atoms with van der Waals surface area (Å²) in [4.78, 5) is 0. The Morgan fingerprint density at radius 2 is 2.20 bits per heavy atom.